The molecule has 0 radical (unpaired) electrons. The zero-order chi connectivity index (χ0) is 29.5. The van der Waals surface area contributed by atoms with Gasteiger partial charge in [-0.25, -0.2) is 0 Å². The highest BCUT2D eigenvalue weighted by Crippen LogP contribution is 2.59. The summed E-state index contributed by atoms with van der Waals surface area (Å²) < 4.78 is 1.70. The molecule has 2 aliphatic heterocycles. The van der Waals surface area contributed by atoms with E-state index in [1.165, 1.54) is 6.92 Å². The van der Waals surface area contributed by atoms with Crippen molar-refractivity contribution in [3.05, 3.63) is 23.4 Å². The summed E-state index contributed by atoms with van der Waals surface area (Å²) in [7, 11) is 0. The molecule has 3 heterocycles. The van der Waals surface area contributed by atoms with Crippen molar-refractivity contribution in [3.8, 4) is 0 Å². The fraction of sp³-hybridized carbons (Fsp3) is 0.656. The molecular formula is C32H45N5O4. The number of hydrogen-bond acceptors (Lipinski definition) is 6. The molecule has 9 heteroatoms. The van der Waals surface area contributed by atoms with E-state index in [1.807, 2.05) is 19.9 Å². The molecule has 1 aliphatic carbocycles. The Morgan fingerprint density at radius 1 is 1.17 bits per heavy atom. The van der Waals surface area contributed by atoms with E-state index < -0.39 is 6.04 Å². The number of nitrogens with one attached hydrogen (secondary N) is 2. The summed E-state index contributed by atoms with van der Waals surface area (Å²) in [5.41, 5.74) is 2.96. The third-order valence-corrected chi connectivity index (χ3v) is 9.33. The highest BCUT2D eigenvalue weighted by atomic mass is 16.2. The van der Waals surface area contributed by atoms with Crippen LogP contribution in [-0.4, -0.2) is 63.2 Å². The van der Waals surface area contributed by atoms with Gasteiger partial charge in [0.25, 0.3) is 0 Å². The van der Waals surface area contributed by atoms with E-state index in [9.17, 15) is 19.2 Å². The number of benzene rings is 1. The Hall–Kier alpha value is -3.23. The van der Waals surface area contributed by atoms with Crippen molar-refractivity contribution < 1.29 is 19.2 Å². The summed E-state index contributed by atoms with van der Waals surface area (Å²) in [6.07, 6.45) is 6.19. The number of nitrogens with zero attached hydrogens (tertiary/aromatic N) is 3. The first-order chi connectivity index (χ1) is 19.5. The van der Waals surface area contributed by atoms with Gasteiger partial charge in [-0.2, -0.15) is 5.10 Å². The molecule has 1 saturated carbocycles. The monoisotopic (exact) mass is 563 g/mol. The quantitative estimate of drug-likeness (QED) is 0.500. The van der Waals surface area contributed by atoms with Crippen LogP contribution in [0, 0.1) is 17.3 Å². The van der Waals surface area contributed by atoms with Gasteiger partial charge in [0, 0.05) is 54.9 Å². The number of Topliss-reactive ketones (excluding diaryl/α,β-unsaturated/α-hetero) is 2. The first kappa shape index (κ1) is 29.3. The molecule has 2 fully saturated rings. The summed E-state index contributed by atoms with van der Waals surface area (Å²) in [6.45, 7) is 10.9. The number of aromatic nitrogens is 2. The third-order valence-electron chi connectivity index (χ3n) is 9.33. The Kier molecular flexibility index (Phi) is 8.26. The van der Waals surface area contributed by atoms with Crippen LogP contribution in [0.15, 0.2) is 12.1 Å². The molecule has 1 aromatic carbocycles. The molecule has 222 valence electrons. The molecule has 2 N–H and O–H groups in total. The summed E-state index contributed by atoms with van der Waals surface area (Å²) in [6, 6.07) is 3.56. The Bertz CT molecular complexity index is 1360. The molecule has 5 rings (SSSR count). The van der Waals surface area contributed by atoms with E-state index in [0.717, 1.165) is 67.2 Å². The van der Waals surface area contributed by atoms with Gasteiger partial charge in [-0.15, -0.1) is 0 Å². The average molecular weight is 564 g/mol. The van der Waals surface area contributed by atoms with Crippen molar-refractivity contribution in [2.75, 3.05) is 18.4 Å². The molecule has 2 bridgehead atoms. The number of rotatable bonds is 6. The number of carbonyl (C=O) groups is 4. The number of hydrogen-bond donors (Lipinski definition) is 2. The predicted molar refractivity (Wildman–Crippen MR) is 159 cm³/mol. The van der Waals surface area contributed by atoms with E-state index in [0.29, 0.717) is 31.0 Å². The van der Waals surface area contributed by atoms with Gasteiger partial charge in [0.05, 0.1) is 11.6 Å². The molecule has 1 aromatic heterocycles. The van der Waals surface area contributed by atoms with Gasteiger partial charge < -0.3 is 15.5 Å². The second-order valence-corrected chi connectivity index (χ2v) is 13.0. The van der Waals surface area contributed by atoms with Gasteiger partial charge in [-0.3, -0.25) is 23.9 Å². The Morgan fingerprint density at radius 2 is 1.95 bits per heavy atom. The molecule has 2 aromatic rings. The lowest BCUT2D eigenvalue weighted by Gasteiger charge is -2.26. The average Bonchev–Trinajstić information content (AvgIpc) is 3.35. The highest BCUT2D eigenvalue weighted by Gasteiger charge is 2.66. The zero-order valence-corrected chi connectivity index (χ0v) is 25.2. The summed E-state index contributed by atoms with van der Waals surface area (Å²) in [5, 5.41) is 12.1. The normalized spacial score (nSPS) is 27.0. The number of piperidine rings is 1. The largest absolute Gasteiger partial charge is 0.385 e. The van der Waals surface area contributed by atoms with Gasteiger partial charge in [0.15, 0.2) is 11.6 Å². The molecule has 0 unspecified atom stereocenters. The maximum Gasteiger partial charge on any atom is 0.245 e. The molecule has 1 saturated heterocycles. The highest BCUT2D eigenvalue weighted by molar-refractivity contribution is 6.06. The SMILES string of the molecule is CCC(=O)[C@@H]1C[C@]23CNC(=O)[C@H](C)CCCCCc4cc(NCC(C)C)cc5c(C(C)=O)nn(c45)CC(=O)N1[C@@H]2C3. The lowest BCUT2D eigenvalue weighted by atomic mass is 9.95. The van der Waals surface area contributed by atoms with Crippen LogP contribution in [0.1, 0.15) is 95.6 Å². The van der Waals surface area contributed by atoms with Gasteiger partial charge in [-0.1, -0.05) is 40.5 Å². The lowest BCUT2D eigenvalue weighted by Crippen LogP contribution is -2.44. The van der Waals surface area contributed by atoms with Crippen LogP contribution in [0.4, 0.5) is 5.69 Å². The van der Waals surface area contributed by atoms with Crippen molar-refractivity contribution in [2.24, 2.45) is 17.3 Å². The first-order valence-corrected chi connectivity index (χ1v) is 15.4. The number of ketones is 2. The standard InChI is InChI=1S/C32H45N5O4/c1-6-26(39)25-14-32-15-27(32)37(25)28(40)17-36-30-22(11-9-7-8-10-20(4)31(41)34-18-32)12-23(33-16-19(2)3)13-24(30)29(35-36)21(5)38/h12-13,19-20,25,27,33H,6-11,14-18H2,1-5H3,(H,34,41)/t20-,25+,27-,32+/m1/s1. The number of carbonyl (C=O) groups excluding carboxylic acids is 4. The third kappa shape index (κ3) is 5.77. The van der Waals surface area contributed by atoms with Crippen LogP contribution in [-0.2, 0) is 27.3 Å². The van der Waals surface area contributed by atoms with Crippen LogP contribution in [0.3, 0.4) is 0 Å². The van der Waals surface area contributed by atoms with Crippen LogP contribution in [0.2, 0.25) is 0 Å². The van der Waals surface area contributed by atoms with Crippen molar-refractivity contribution in [1.82, 2.24) is 20.0 Å². The molecule has 4 atom stereocenters. The van der Waals surface area contributed by atoms with Gasteiger partial charge >= 0.3 is 0 Å². The first-order valence-electron chi connectivity index (χ1n) is 15.4. The maximum atomic E-state index is 14.0. The molecule has 41 heavy (non-hydrogen) atoms. The second kappa shape index (κ2) is 11.6. The fourth-order valence-electron chi connectivity index (χ4n) is 6.87. The van der Waals surface area contributed by atoms with E-state index in [4.69, 9.17) is 5.10 Å². The molecule has 3 aliphatic rings. The second-order valence-electron chi connectivity index (χ2n) is 13.0. The van der Waals surface area contributed by atoms with Crippen molar-refractivity contribution >= 4 is 40.0 Å². The van der Waals surface area contributed by atoms with Gasteiger partial charge in [0.2, 0.25) is 11.8 Å². The summed E-state index contributed by atoms with van der Waals surface area (Å²) >= 11 is 0. The fourth-order valence-corrected chi connectivity index (χ4v) is 6.87. The molecule has 2 amide bonds. The maximum absolute atomic E-state index is 14.0. The van der Waals surface area contributed by atoms with E-state index in [2.05, 4.69) is 30.5 Å². The van der Waals surface area contributed by atoms with Crippen molar-refractivity contribution in [1.29, 1.82) is 0 Å². The number of aryl methyl sites for hydroxylation is 1. The topological polar surface area (TPSA) is 113 Å². The Labute approximate surface area is 242 Å². The zero-order valence-electron chi connectivity index (χ0n) is 25.2. The summed E-state index contributed by atoms with van der Waals surface area (Å²) in [4.78, 5) is 54.5. The Balaban J connectivity index is 1.56. The lowest BCUT2D eigenvalue weighted by molar-refractivity contribution is -0.139. The van der Waals surface area contributed by atoms with Crippen LogP contribution in [0.5, 0.6) is 0 Å². The number of amides is 2. The Morgan fingerprint density at radius 3 is 2.66 bits per heavy atom. The van der Waals surface area contributed by atoms with Crippen LogP contribution < -0.4 is 10.6 Å². The smallest absolute Gasteiger partial charge is 0.245 e. The number of anilines is 1. The summed E-state index contributed by atoms with van der Waals surface area (Å²) in [5.74, 6) is 0.188. The molecule has 0 spiro atoms. The predicted octanol–water partition coefficient (Wildman–Crippen LogP) is 4.51. The van der Waals surface area contributed by atoms with E-state index in [-0.39, 0.29) is 47.3 Å². The van der Waals surface area contributed by atoms with Crippen molar-refractivity contribution in [2.45, 2.75) is 105 Å². The van der Waals surface area contributed by atoms with Crippen LogP contribution in [0.25, 0.3) is 10.9 Å². The molecular weight excluding hydrogens is 518 g/mol. The minimum absolute atomic E-state index is 0.0288. The van der Waals surface area contributed by atoms with Gasteiger partial charge in [0.1, 0.15) is 12.2 Å². The minimum atomic E-state index is -0.486. The minimum Gasteiger partial charge on any atom is -0.385 e. The van der Waals surface area contributed by atoms with Gasteiger partial charge in [-0.05, 0) is 55.7 Å². The van der Waals surface area contributed by atoms with E-state index >= 15 is 0 Å². The molecule has 9 nitrogen and oxygen atoms in total. The van der Waals surface area contributed by atoms with Crippen LogP contribution >= 0.6 is 0 Å². The van der Waals surface area contributed by atoms with E-state index in [1.54, 1.807) is 9.58 Å². The van der Waals surface area contributed by atoms with Crippen molar-refractivity contribution in [3.63, 3.8) is 0 Å².